The van der Waals surface area contributed by atoms with Crippen LogP contribution >= 0.6 is 24.0 Å². The van der Waals surface area contributed by atoms with Crippen molar-refractivity contribution in [1.82, 2.24) is 4.90 Å². The fraction of sp³-hybridized carbons (Fsp3) is 0.588. The molecule has 0 amide bonds. The minimum atomic E-state index is -0.333. The highest BCUT2D eigenvalue weighted by Crippen LogP contribution is 2.23. The zero-order chi connectivity index (χ0) is 17.0. The number of nitrogens with two attached hydrogens (primary N) is 1. The van der Waals surface area contributed by atoms with E-state index in [1.165, 1.54) is 12.1 Å². The molecular weight excluding hydrogens is 438 g/mol. The second kappa shape index (κ2) is 9.00. The average molecular weight is 464 g/mol. The number of hydrogen-bond acceptors (Lipinski definition) is 4. The topological polar surface area (TPSA) is 63.3 Å². The molecule has 2 saturated heterocycles. The smallest absolute Gasteiger partial charge is 0.191 e. The minimum Gasteiger partial charge on any atom is -0.378 e. The van der Waals surface area contributed by atoms with Gasteiger partial charge in [-0.1, -0.05) is 0 Å². The van der Waals surface area contributed by atoms with Crippen molar-refractivity contribution in [3.63, 3.8) is 0 Å². The van der Waals surface area contributed by atoms with Gasteiger partial charge in [-0.3, -0.25) is 4.99 Å². The van der Waals surface area contributed by atoms with E-state index in [9.17, 15) is 4.39 Å². The van der Waals surface area contributed by atoms with Gasteiger partial charge in [-0.15, -0.1) is 24.0 Å². The molecule has 2 heterocycles. The molecule has 0 saturated carbocycles. The number of aliphatic imine (C=N–C) groups is 1. The van der Waals surface area contributed by atoms with Crippen molar-refractivity contribution in [1.29, 1.82) is 0 Å². The van der Waals surface area contributed by atoms with Gasteiger partial charge in [-0.05, 0) is 24.3 Å². The molecule has 2 aliphatic heterocycles. The van der Waals surface area contributed by atoms with Crippen molar-refractivity contribution >= 4 is 35.6 Å². The number of piperazine rings is 1. The summed E-state index contributed by atoms with van der Waals surface area (Å²) in [6.07, 6.45) is 0.846. The Labute approximate surface area is 165 Å². The summed E-state index contributed by atoms with van der Waals surface area (Å²) in [5, 5.41) is 0. The van der Waals surface area contributed by atoms with Crippen LogP contribution in [0.4, 0.5) is 10.1 Å². The maximum absolute atomic E-state index is 13.0. The summed E-state index contributed by atoms with van der Waals surface area (Å²) in [4.78, 5) is 8.84. The Morgan fingerprint density at radius 3 is 2.52 bits per heavy atom. The lowest BCUT2D eigenvalue weighted by atomic mass is 10.0. The number of methoxy groups -OCH3 is 1. The van der Waals surface area contributed by atoms with Crippen LogP contribution in [0, 0.1) is 5.82 Å². The van der Waals surface area contributed by atoms with Crippen molar-refractivity contribution in [2.45, 2.75) is 12.0 Å². The Morgan fingerprint density at radius 1 is 1.28 bits per heavy atom. The largest absolute Gasteiger partial charge is 0.378 e. The first-order valence-corrected chi connectivity index (χ1v) is 8.30. The number of halogens is 2. The number of benzene rings is 1. The van der Waals surface area contributed by atoms with E-state index in [4.69, 9.17) is 15.2 Å². The summed E-state index contributed by atoms with van der Waals surface area (Å²) in [5.41, 5.74) is 6.86. The standard InChI is InChI=1S/C17H25FN4O2.HI/c1-23-17(6-11-24-13-17)12-20-16(19)22-9-7-21(8-10-22)15-4-2-14(18)3-5-15;/h2-5H,6-13H2,1H3,(H2,19,20);1H. The quantitative estimate of drug-likeness (QED) is 0.418. The number of guanidine groups is 1. The van der Waals surface area contributed by atoms with Crippen LogP contribution in [0.1, 0.15) is 6.42 Å². The highest BCUT2D eigenvalue weighted by molar-refractivity contribution is 14.0. The lowest BCUT2D eigenvalue weighted by Gasteiger charge is -2.37. The first kappa shape index (κ1) is 20.2. The molecule has 2 fully saturated rings. The van der Waals surface area contributed by atoms with Gasteiger partial charge in [0.05, 0.1) is 13.2 Å². The normalized spacial score (nSPS) is 24.3. The van der Waals surface area contributed by atoms with Gasteiger partial charge in [0, 0.05) is 52.0 Å². The van der Waals surface area contributed by atoms with Crippen LogP contribution in [0.5, 0.6) is 0 Å². The first-order chi connectivity index (χ1) is 11.6. The average Bonchev–Trinajstić information content (AvgIpc) is 3.10. The van der Waals surface area contributed by atoms with Gasteiger partial charge < -0.3 is 25.0 Å². The molecule has 140 valence electrons. The van der Waals surface area contributed by atoms with Crippen LogP contribution in [0.3, 0.4) is 0 Å². The van der Waals surface area contributed by atoms with E-state index in [0.29, 0.717) is 25.7 Å². The van der Waals surface area contributed by atoms with Gasteiger partial charge in [-0.25, -0.2) is 4.39 Å². The molecule has 2 N–H and O–H groups in total. The number of hydrogen-bond donors (Lipinski definition) is 1. The summed E-state index contributed by atoms with van der Waals surface area (Å²) >= 11 is 0. The number of nitrogens with zero attached hydrogens (tertiary/aromatic N) is 3. The third-order valence-corrected chi connectivity index (χ3v) is 4.82. The summed E-state index contributed by atoms with van der Waals surface area (Å²) in [5.74, 6) is 0.341. The molecule has 0 spiro atoms. The van der Waals surface area contributed by atoms with Gasteiger partial charge >= 0.3 is 0 Å². The number of ether oxygens (including phenoxy) is 2. The summed E-state index contributed by atoms with van der Waals surface area (Å²) in [6, 6.07) is 6.60. The third kappa shape index (κ3) is 4.95. The molecule has 0 radical (unpaired) electrons. The Bertz CT molecular complexity index is 571. The molecule has 8 heteroatoms. The van der Waals surface area contributed by atoms with E-state index in [2.05, 4.69) is 14.8 Å². The molecule has 1 unspecified atom stereocenters. The lowest BCUT2D eigenvalue weighted by Crippen LogP contribution is -2.51. The summed E-state index contributed by atoms with van der Waals surface area (Å²) in [7, 11) is 1.70. The molecule has 2 aliphatic rings. The van der Waals surface area contributed by atoms with Crippen LogP contribution in [0.2, 0.25) is 0 Å². The fourth-order valence-electron chi connectivity index (χ4n) is 3.11. The Balaban J connectivity index is 0.00000225. The molecule has 1 aromatic carbocycles. The van der Waals surface area contributed by atoms with Crippen LogP contribution in [-0.4, -0.2) is 69.5 Å². The highest BCUT2D eigenvalue weighted by atomic mass is 127. The van der Waals surface area contributed by atoms with Gasteiger partial charge in [0.1, 0.15) is 11.4 Å². The maximum atomic E-state index is 13.0. The monoisotopic (exact) mass is 464 g/mol. The van der Waals surface area contributed by atoms with Gasteiger partial charge in [0.2, 0.25) is 0 Å². The van der Waals surface area contributed by atoms with Crippen LogP contribution in [-0.2, 0) is 9.47 Å². The predicted octanol–water partition coefficient (Wildman–Crippen LogP) is 1.69. The van der Waals surface area contributed by atoms with Crippen LogP contribution in [0.15, 0.2) is 29.3 Å². The van der Waals surface area contributed by atoms with Crippen molar-refractivity contribution in [3.8, 4) is 0 Å². The van der Waals surface area contributed by atoms with Crippen LogP contribution in [0.25, 0.3) is 0 Å². The highest BCUT2D eigenvalue weighted by Gasteiger charge is 2.35. The summed E-state index contributed by atoms with van der Waals surface area (Å²) in [6.45, 7) is 5.05. The summed E-state index contributed by atoms with van der Waals surface area (Å²) < 4.78 is 24.0. The van der Waals surface area contributed by atoms with Crippen molar-refractivity contribution in [2.24, 2.45) is 10.7 Å². The molecule has 3 rings (SSSR count). The van der Waals surface area contributed by atoms with Crippen LogP contribution < -0.4 is 10.6 Å². The van der Waals surface area contributed by atoms with E-state index in [1.807, 2.05) is 12.1 Å². The molecule has 1 atom stereocenters. The van der Waals surface area contributed by atoms with Crippen molar-refractivity contribution in [2.75, 3.05) is 57.9 Å². The fourth-order valence-corrected chi connectivity index (χ4v) is 3.11. The van der Waals surface area contributed by atoms with E-state index in [1.54, 1.807) is 7.11 Å². The molecule has 0 aliphatic carbocycles. The molecule has 0 bridgehead atoms. The van der Waals surface area contributed by atoms with E-state index < -0.39 is 0 Å². The molecule has 1 aromatic rings. The maximum Gasteiger partial charge on any atom is 0.191 e. The van der Waals surface area contributed by atoms with Crippen molar-refractivity contribution < 1.29 is 13.9 Å². The lowest BCUT2D eigenvalue weighted by molar-refractivity contribution is -0.00918. The van der Waals surface area contributed by atoms with Crippen molar-refractivity contribution in [3.05, 3.63) is 30.1 Å². The second-order valence-electron chi connectivity index (χ2n) is 6.31. The molecule has 0 aromatic heterocycles. The molecular formula is C17H26FIN4O2. The Morgan fingerprint density at radius 2 is 1.96 bits per heavy atom. The number of rotatable bonds is 4. The van der Waals surface area contributed by atoms with Gasteiger partial charge in [0.25, 0.3) is 0 Å². The second-order valence-corrected chi connectivity index (χ2v) is 6.31. The van der Waals surface area contributed by atoms with Gasteiger partial charge in [-0.2, -0.15) is 0 Å². The van der Waals surface area contributed by atoms with E-state index in [-0.39, 0.29) is 35.4 Å². The first-order valence-electron chi connectivity index (χ1n) is 8.30. The minimum absolute atomic E-state index is 0. The molecule has 25 heavy (non-hydrogen) atoms. The van der Waals surface area contributed by atoms with E-state index in [0.717, 1.165) is 38.3 Å². The Kier molecular flexibility index (Phi) is 7.26. The third-order valence-electron chi connectivity index (χ3n) is 4.82. The predicted molar refractivity (Wildman–Crippen MR) is 107 cm³/mol. The zero-order valence-corrected chi connectivity index (χ0v) is 16.8. The Hall–Kier alpha value is -1.13. The zero-order valence-electron chi connectivity index (χ0n) is 14.5. The SMILES string of the molecule is COC1(CN=C(N)N2CCN(c3ccc(F)cc3)CC2)CCOC1.I. The number of anilines is 1. The van der Waals surface area contributed by atoms with E-state index >= 15 is 0 Å². The van der Waals surface area contributed by atoms with Gasteiger partial charge in [0.15, 0.2) is 5.96 Å². The molecule has 6 nitrogen and oxygen atoms in total.